The van der Waals surface area contributed by atoms with E-state index in [1.54, 1.807) is 13.4 Å². The molecular weight excluding hydrogens is 262 g/mol. The first-order chi connectivity index (χ1) is 9.26. The van der Waals surface area contributed by atoms with E-state index in [1.807, 2.05) is 30.3 Å². The number of rotatable bonds is 6. The summed E-state index contributed by atoms with van der Waals surface area (Å²) in [4.78, 5) is 0. The minimum Gasteiger partial charge on any atom is -0.495 e. The zero-order valence-corrected chi connectivity index (χ0v) is 11.9. The molecule has 1 aromatic heterocycles. The van der Waals surface area contributed by atoms with E-state index in [0.717, 1.165) is 24.3 Å². The summed E-state index contributed by atoms with van der Waals surface area (Å²) in [6.45, 7) is 3.04. The number of ether oxygens (including phenoxy) is 1. The maximum Gasteiger partial charge on any atom is 0.137 e. The first kappa shape index (κ1) is 14.0. The summed E-state index contributed by atoms with van der Waals surface area (Å²) in [5, 5.41) is 4.07. The third-order valence-electron chi connectivity index (χ3n) is 2.94. The molecule has 0 amide bonds. The zero-order chi connectivity index (χ0) is 13.7. The molecule has 1 N–H and O–H groups in total. The molecule has 1 atom stereocenters. The lowest BCUT2D eigenvalue weighted by atomic mass is 10.0. The van der Waals surface area contributed by atoms with Gasteiger partial charge in [0.1, 0.15) is 11.5 Å². The second kappa shape index (κ2) is 6.64. The molecule has 0 bridgehead atoms. The van der Waals surface area contributed by atoms with Crippen molar-refractivity contribution in [1.82, 2.24) is 5.32 Å². The molecule has 0 saturated heterocycles. The Labute approximate surface area is 118 Å². The van der Waals surface area contributed by atoms with Crippen molar-refractivity contribution in [3.63, 3.8) is 0 Å². The number of hydrogen-bond donors (Lipinski definition) is 1. The Balaban J connectivity index is 2.30. The van der Waals surface area contributed by atoms with Gasteiger partial charge in [0.15, 0.2) is 0 Å². The molecule has 0 spiro atoms. The van der Waals surface area contributed by atoms with Crippen molar-refractivity contribution < 1.29 is 9.15 Å². The van der Waals surface area contributed by atoms with Gasteiger partial charge in [-0.2, -0.15) is 0 Å². The minimum atomic E-state index is 0.0124. The molecule has 2 rings (SSSR count). The maximum absolute atomic E-state index is 6.19. The first-order valence-corrected chi connectivity index (χ1v) is 6.74. The fraction of sp³-hybridized carbons (Fsp3) is 0.333. The second-order valence-corrected chi connectivity index (χ2v) is 4.70. The molecule has 102 valence electrons. The lowest BCUT2D eigenvalue weighted by Gasteiger charge is -2.17. The van der Waals surface area contributed by atoms with Crippen LogP contribution in [0.2, 0.25) is 5.02 Å². The van der Waals surface area contributed by atoms with Crippen molar-refractivity contribution in [2.75, 3.05) is 13.7 Å². The molecule has 1 aromatic carbocycles. The van der Waals surface area contributed by atoms with Crippen LogP contribution in [0, 0.1) is 0 Å². The molecular formula is C15H18ClNO2. The number of nitrogens with one attached hydrogen (secondary N) is 1. The van der Waals surface area contributed by atoms with Gasteiger partial charge < -0.3 is 14.5 Å². The minimum absolute atomic E-state index is 0.0124. The van der Waals surface area contributed by atoms with Gasteiger partial charge in [-0.1, -0.05) is 24.6 Å². The summed E-state index contributed by atoms with van der Waals surface area (Å²) >= 11 is 6.19. The van der Waals surface area contributed by atoms with Crippen LogP contribution in [0.5, 0.6) is 5.75 Å². The van der Waals surface area contributed by atoms with Crippen molar-refractivity contribution in [2.45, 2.75) is 19.4 Å². The van der Waals surface area contributed by atoms with Crippen LogP contribution in [-0.2, 0) is 0 Å². The summed E-state index contributed by atoms with van der Waals surface area (Å²) in [5.74, 6) is 1.56. The Kier molecular flexibility index (Phi) is 4.88. The Bertz CT molecular complexity index is 511. The average Bonchev–Trinajstić information content (AvgIpc) is 2.93. The van der Waals surface area contributed by atoms with E-state index in [9.17, 15) is 0 Å². The SMILES string of the molecule is CCCNC(c1ccc(OC)c(Cl)c1)c1ccco1. The molecule has 0 aliphatic rings. The third-order valence-corrected chi connectivity index (χ3v) is 3.23. The van der Waals surface area contributed by atoms with Crippen LogP contribution in [0.3, 0.4) is 0 Å². The Morgan fingerprint density at radius 3 is 2.79 bits per heavy atom. The molecule has 0 fully saturated rings. The predicted molar refractivity (Wildman–Crippen MR) is 76.8 cm³/mol. The summed E-state index contributed by atoms with van der Waals surface area (Å²) in [6.07, 6.45) is 2.74. The second-order valence-electron chi connectivity index (χ2n) is 4.30. The largest absolute Gasteiger partial charge is 0.495 e. The van der Waals surface area contributed by atoms with Gasteiger partial charge in [0, 0.05) is 0 Å². The van der Waals surface area contributed by atoms with Gasteiger partial charge in [-0.15, -0.1) is 0 Å². The average molecular weight is 280 g/mol. The molecule has 1 heterocycles. The highest BCUT2D eigenvalue weighted by Gasteiger charge is 2.17. The maximum atomic E-state index is 6.19. The van der Waals surface area contributed by atoms with E-state index >= 15 is 0 Å². The lowest BCUT2D eigenvalue weighted by Crippen LogP contribution is -2.22. The summed E-state index contributed by atoms with van der Waals surface area (Å²) < 4.78 is 10.7. The Hall–Kier alpha value is -1.45. The summed E-state index contributed by atoms with van der Waals surface area (Å²) in [7, 11) is 1.61. The molecule has 3 nitrogen and oxygen atoms in total. The smallest absolute Gasteiger partial charge is 0.137 e. The van der Waals surface area contributed by atoms with E-state index in [2.05, 4.69) is 12.2 Å². The predicted octanol–water partition coefficient (Wildman–Crippen LogP) is 4.03. The highest BCUT2D eigenvalue weighted by atomic mass is 35.5. The van der Waals surface area contributed by atoms with Crippen molar-refractivity contribution in [3.05, 3.63) is 52.9 Å². The number of methoxy groups -OCH3 is 1. The molecule has 4 heteroatoms. The fourth-order valence-electron chi connectivity index (χ4n) is 1.99. The molecule has 2 aromatic rings. The van der Waals surface area contributed by atoms with E-state index in [4.69, 9.17) is 20.8 Å². The summed E-state index contributed by atoms with van der Waals surface area (Å²) in [6, 6.07) is 9.66. The topological polar surface area (TPSA) is 34.4 Å². The van der Waals surface area contributed by atoms with Crippen molar-refractivity contribution in [1.29, 1.82) is 0 Å². The normalized spacial score (nSPS) is 12.4. The molecule has 19 heavy (non-hydrogen) atoms. The van der Waals surface area contributed by atoms with Gasteiger partial charge in [-0.3, -0.25) is 0 Å². The van der Waals surface area contributed by atoms with Gasteiger partial charge in [0.05, 0.1) is 24.4 Å². The van der Waals surface area contributed by atoms with Gasteiger partial charge in [0.2, 0.25) is 0 Å². The van der Waals surface area contributed by atoms with Gasteiger partial charge >= 0.3 is 0 Å². The van der Waals surface area contributed by atoms with Crippen LogP contribution in [0.1, 0.15) is 30.7 Å². The third kappa shape index (κ3) is 3.31. The zero-order valence-electron chi connectivity index (χ0n) is 11.2. The van der Waals surface area contributed by atoms with Crippen LogP contribution in [0.25, 0.3) is 0 Å². The number of hydrogen-bond acceptors (Lipinski definition) is 3. The highest BCUT2D eigenvalue weighted by Crippen LogP contribution is 2.30. The number of furan rings is 1. The summed E-state index contributed by atoms with van der Waals surface area (Å²) in [5.41, 5.74) is 1.06. The quantitative estimate of drug-likeness (QED) is 0.867. The fourth-order valence-corrected chi connectivity index (χ4v) is 2.26. The first-order valence-electron chi connectivity index (χ1n) is 6.36. The standard InChI is InChI=1S/C15H18ClNO2/c1-3-8-17-15(14-5-4-9-19-14)11-6-7-13(18-2)12(16)10-11/h4-7,9-10,15,17H,3,8H2,1-2H3. The van der Waals surface area contributed by atoms with Gasteiger partial charge in [-0.05, 0) is 42.8 Å². The number of halogens is 1. The van der Waals surface area contributed by atoms with E-state index < -0.39 is 0 Å². The Morgan fingerprint density at radius 1 is 1.37 bits per heavy atom. The van der Waals surface area contributed by atoms with Crippen LogP contribution >= 0.6 is 11.6 Å². The van der Waals surface area contributed by atoms with Crippen LogP contribution in [-0.4, -0.2) is 13.7 Å². The van der Waals surface area contributed by atoms with E-state index in [1.165, 1.54) is 0 Å². The Morgan fingerprint density at radius 2 is 2.21 bits per heavy atom. The lowest BCUT2D eigenvalue weighted by molar-refractivity contribution is 0.414. The van der Waals surface area contributed by atoms with E-state index in [-0.39, 0.29) is 6.04 Å². The van der Waals surface area contributed by atoms with Crippen molar-refractivity contribution in [3.8, 4) is 5.75 Å². The molecule has 0 aliphatic carbocycles. The highest BCUT2D eigenvalue weighted by molar-refractivity contribution is 6.32. The molecule has 1 unspecified atom stereocenters. The van der Waals surface area contributed by atoms with E-state index in [0.29, 0.717) is 10.8 Å². The van der Waals surface area contributed by atoms with Crippen LogP contribution in [0.15, 0.2) is 41.0 Å². The number of benzene rings is 1. The van der Waals surface area contributed by atoms with Crippen molar-refractivity contribution in [2.24, 2.45) is 0 Å². The van der Waals surface area contributed by atoms with Crippen LogP contribution in [0.4, 0.5) is 0 Å². The van der Waals surface area contributed by atoms with Crippen LogP contribution < -0.4 is 10.1 Å². The monoisotopic (exact) mass is 279 g/mol. The molecule has 0 saturated carbocycles. The van der Waals surface area contributed by atoms with Gasteiger partial charge in [0.25, 0.3) is 0 Å². The van der Waals surface area contributed by atoms with Gasteiger partial charge in [-0.25, -0.2) is 0 Å². The van der Waals surface area contributed by atoms with Crippen molar-refractivity contribution >= 4 is 11.6 Å². The molecule has 0 radical (unpaired) electrons. The molecule has 0 aliphatic heterocycles.